The summed E-state index contributed by atoms with van der Waals surface area (Å²) in [6, 6.07) is 18.9. The summed E-state index contributed by atoms with van der Waals surface area (Å²) in [6.07, 6.45) is 1.62. The van der Waals surface area contributed by atoms with Crippen LogP contribution >= 0.6 is 0 Å². The number of benzene rings is 3. The van der Waals surface area contributed by atoms with Crippen molar-refractivity contribution in [2.24, 2.45) is 0 Å². The van der Waals surface area contributed by atoms with Gasteiger partial charge in [0.1, 0.15) is 5.82 Å². The molecule has 2 heterocycles. The molecule has 0 fully saturated rings. The second-order valence-electron chi connectivity index (χ2n) is 7.99. The molecule has 2 aromatic heterocycles. The molecule has 0 amide bonds. The molecule has 5 nitrogen and oxygen atoms in total. The van der Waals surface area contributed by atoms with Gasteiger partial charge in [-0.2, -0.15) is 4.98 Å². The molecular weight excluding hydrogens is 419 g/mol. The second-order valence-corrected chi connectivity index (χ2v) is 7.99. The van der Waals surface area contributed by atoms with E-state index in [1.54, 1.807) is 36.4 Å². The van der Waals surface area contributed by atoms with Gasteiger partial charge in [0.15, 0.2) is 22.8 Å². The number of oxazole rings is 1. The summed E-state index contributed by atoms with van der Waals surface area (Å²) < 4.78 is 21.0. The third kappa shape index (κ3) is 2.95. The minimum atomic E-state index is -0.332. The van der Waals surface area contributed by atoms with Crippen molar-refractivity contribution >= 4 is 39.6 Å². The van der Waals surface area contributed by atoms with Gasteiger partial charge in [-0.05, 0) is 60.2 Å². The van der Waals surface area contributed by atoms with Gasteiger partial charge in [-0.25, -0.2) is 4.39 Å². The highest BCUT2D eigenvalue weighted by atomic mass is 19.1. The Morgan fingerprint density at radius 3 is 2.18 bits per heavy atom. The first-order chi connectivity index (χ1) is 16.0. The fourth-order valence-electron chi connectivity index (χ4n) is 4.40. The zero-order valence-corrected chi connectivity index (χ0v) is 17.6. The van der Waals surface area contributed by atoms with Crippen molar-refractivity contribution in [1.29, 1.82) is 0 Å². The number of hydrogen-bond acceptors (Lipinski definition) is 4. The number of rotatable bonds is 3. The van der Waals surface area contributed by atoms with Gasteiger partial charge in [0.2, 0.25) is 5.89 Å². The highest BCUT2D eigenvalue weighted by Crippen LogP contribution is 2.33. The first-order valence-corrected chi connectivity index (χ1v) is 10.6. The highest BCUT2D eigenvalue weighted by Gasteiger charge is 2.34. The molecule has 0 bridgehead atoms. The molecule has 0 spiro atoms. The van der Waals surface area contributed by atoms with E-state index in [2.05, 4.69) is 4.98 Å². The lowest BCUT2D eigenvalue weighted by Crippen LogP contribution is -2.03. The number of hydrogen-bond donors (Lipinski definition) is 0. The van der Waals surface area contributed by atoms with E-state index >= 15 is 0 Å². The Hall–Kier alpha value is -4.32. The van der Waals surface area contributed by atoms with Crippen molar-refractivity contribution < 1.29 is 18.4 Å². The maximum Gasteiger partial charge on any atom is 0.228 e. The molecule has 0 radical (unpaired) electrons. The van der Waals surface area contributed by atoms with Crippen molar-refractivity contribution in [3.63, 3.8) is 0 Å². The number of carbonyl (C=O) groups excluding carboxylic acids is 2. The Balaban J connectivity index is 1.44. The molecule has 1 aliphatic carbocycles. The van der Waals surface area contributed by atoms with E-state index in [0.717, 1.165) is 10.8 Å². The Labute approximate surface area is 187 Å². The summed E-state index contributed by atoms with van der Waals surface area (Å²) in [6.45, 7) is 2.52. The quantitative estimate of drug-likeness (QED) is 0.254. The number of nitrogens with zero attached hydrogens (tertiary/aromatic N) is 2. The Morgan fingerprint density at radius 1 is 0.939 bits per heavy atom. The zero-order chi connectivity index (χ0) is 22.7. The number of Topliss-reactive ketones (excluding diaryl/α,β-unsaturated/α-hetero) is 2. The molecule has 0 atom stereocenters. The largest absolute Gasteiger partial charge is 0.434 e. The van der Waals surface area contributed by atoms with Gasteiger partial charge in [0.25, 0.3) is 0 Å². The minimum absolute atomic E-state index is 0.133. The van der Waals surface area contributed by atoms with Crippen LogP contribution in [0, 0.1) is 5.82 Å². The lowest BCUT2D eigenvalue weighted by Gasteiger charge is -2.03. The average molecular weight is 436 g/mol. The van der Waals surface area contributed by atoms with E-state index in [9.17, 15) is 14.0 Å². The number of carbonyl (C=O) groups is 2. The highest BCUT2D eigenvalue weighted by molar-refractivity contribution is 6.42. The molecule has 0 saturated heterocycles. The maximum atomic E-state index is 13.2. The Morgan fingerprint density at radius 2 is 1.58 bits per heavy atom. The zero-order valence-electron chi connectivity index (χ0n) is 17.6. The van der Waals surface area contributed by atoms with Crippen LogP contribution in [0.3, 0.4) is 0 Å². The number of ketones is 2. The van der Waals surface area contributed by atoms with Crippen LogP contribution in [0.25, 0.3) is 39.5 Å². The van der Waals surface area contributed by atoms with Crippen LogP contribution < -0.4 is 0 Å². The van der Waals surface area contributed by atoms with Crippen molar-refractivity contribution in [3.05, 3.63) is 94.9 Å². The Bertz CT molecular complexity index is 1580. The molecule has 0 aliphatic heterocycles. The lowest BCUT2D eigenvalue weighted by molar-refractivity contribution is 0.0990. The van der Waals surface area contributed by atoms with Crippen molar-refractivity contribution in [1.82, 2.24) is 9.55 Å². The number of halogens is 1. The molecule has 6 rings (SSSR count). The summed E-state index contributed by atoms with van der Waals surface area (Å²) in [5, 5.41) is 1.84. The van der Waals surface area contributed by atoms with E-state index < -0.39 is 0 Å². The molecule has 0 N–H and O–H groups in total. The van der Waals surface area contributed by atoms with Crippen LogP contribution in [-0.4, -0.2) is 21.1 Å². The predicted molar refractivity (Wildman–Crippen MR) is 124 cm³/mol. The van der Waals surface area contributed by atoms with Crippen LogP contribution in [0.4, 0.5) is 4.39 Å². The molecule has 1 aliphatic rings. The first kappa shape index (κ1) is 19.4. The molecule has 3 aromatic carbocycles. The van der Waals surface area contributed by atoms with Gasteiger partial charge >= 0.3 is 0 Å². The van der Waals surface area contributed by atoms with E-state index in [4.69, 9.17) is 4.42 Å². The van der Waals surface area contributed by atoms with Gasteiger partial charge in [-0.15, -0.1) is 0 Å². The SMILES string of the molecule is CCn1c(C=C2C(=O)c3cc4ccccc4cc3C2=O)cc2oc(-c3ccc(F)cc3)nc21. The summed E-state index contributed by atoms with van der Waals surface area (Å²) in [7, 11) is 0. The van der Waals surface area contributed by atoms with Crippen molar-refractivity contribution in [2.45, 2.75) is 13.5 Å². The molecule has 5 aromatic rings. The van der Waals surface area contributed by atoms with Gasteiger partial charge in [-0.1, -0.05) is 24.3 Å². The second kappa shape index (κ2) is 7.10. The Kier molecular flexibility index (Phi) is 4.17. The predicted octanol–water partition coefficient (Wildman–Crippen LogP) is 6.07. The van der Waals surface area contributed by atoms with Gasteiger partial charge in [0.05, 0.1) is 5.57 Å². The van der Waals surface area contributed by atoms with E-state index in [-0.39, 0.29) is 23.0 Å². The third-order valence-corrected chi connectivity index (χ3v) is 6.04. The number of aromatic nitrogens is 2. The van der Waals surface area contributed by atoms with Crippen molar-refractivity contribution in [3.8, 4) is 11.5 Å². The summed E-state index contributed by atoms with van der Waals surface area (Å²) in [4.78, 5) is 30.8. The third-order valence-electron chi connectivity index (χ3n) is 6.04. The van der Waals surface area contributed by atoms with E-state index in [1.165, 1.54) is 12.1 Å². The van der Waals surface area contributed by atoms with Gasteiger partial charge in [-0.3, -0.25) is 9.59 Å². The molecule has 33 heavy (non-hydrogen) atoms. The van der Waals surface area contributed by atoms with Crippen LogP contribution in [0.15, 0.2) is 76.7 Å². The number of fused-ring (bicyclic) bond motifs is 3. The molecule has 0 saturated carbocycles. The number of aryl methyl sites for hydroxylation is 1. The lowest BCUT2D eigenvalue weighted by atomic mass is 10.0. The fourth-order valence-corrected chi connectivity index (χ4v) is 4.40. The van der Waals surface area contributed by atoms with Gasteiger partial charge < -0.3 is 8.98 Å². The minimum Gasteiger partial charge on any atom is -0.434 e. The molecule has 160 valence electrons. The van der Waals surface area contributed by atoms with E-state index in [1.807, 2.05) is 35.8 Å². The van der Waals surface area contributed by atoms with Crippen molar-refractivity contribution in [2.75, 3.05) is 0 Å². The normalized spacial score (nSPS) is 13.3. The summed E-state index contributed by atoms with van der Waals surface area (Å²) in [5.41, 5.74) is 3.46. The van der Waals surface area contributed by atoms with Crippen LogP contribution in [0.2, 0.25) is 0 Å². The van der Waals surface area contributed by atoms with E-state index in [0.29, 0.717) is 46.0 Å². The maximum absolute atomic E-state index is 13.2. The standard InChI is InChI=1S/C27H17FN2O3/c1-2-30-19(14-23-26(30)29-27(33-23)15-7-9-18(28)10-8-15)13-22-24(31)20-11-16-5-3-4-6-17(16)12-21(20)25(22)32/h3-14H,2H2,1H3. The first-order valence-electron chi connectivity index (χ1n) is 10.6. The van der Waals surface area contributed by atoms with Gasteiger partial charge in [0, 0.05) is 35.0 Å². The monoisotopic (exact) mass is 436 g/mol. The topological polar surface area (TPSA) is 65.1 Å². The molecule has 0 unspecified atom stereocenters. The summed E-state index contributed by atoms with van der Waals surface area (Å²) in [5.74, 6) is -0.502. The van der Waals surface area contributed by atoms with Crippen LogP contribution in [0.5, 0.6) is 0 Å². The molecular formula is C27H17FN2O3. The summed E-state index contributed by atoms with van der Waals surface area (Å²) >= 11 is 0. The van der Waals surface area contributed by atoms with Crippen LogP contribution in [0.1, 0.15) is 33.3 Å². The number of allylic oxidation sites excluding steroid dienone is 1. The van der Waals surface area contributed by atoms with Crippen LogP contribution in [-0.2, 0) is 6.54 Å². The fraction of sp³-hybridized carbons (Fsp3) is 0.0741. The smallest absolute Gasteiger partial charge is 0.228 e. The average Bonchev–Trinajstić information content (AvgIpc) is 3.44. The molecule has 6 heteroatoms.